The van der Waals surface area contributed by atoms with E-state index in [2.05, 4.69) is 5.32 Å². The van der Waals surface area contributed by atoms with Crippen LogP contribution in [0.2, 0.25) is 0 Å². The molecule has 156 valence electrons. The van der Waals surface area contributed by atoms with Crippen LogP contribution < -0.4 is 14.8 Å². The molecule has 0 saturated heterocycles. The highest BCUT2D eigenvalue weighted by Crippen LogP contribution is 2.30. The lowest BCUT2D eigenvalue weighted by molar-refractivity contribution is -0.133. The van der Waals surface area contributed by atoms with Gasteiger partial charge < -0.3 is 19.7 Å². The second-order valence-electron chi connectivity index (χ2n) is 6.84. The van der Waals surface area contributed by atoms with Crippen LogP contribution >= 0.6 is 0 Å². The monoisotopic (exact) mass is 398 g/mol. The second kappa shape index (κ2) is 11.1. The molecule has 0 bridgehead atoms. The van der Waals surface area contributed by atoms with Gasteiger partial charge in [-0.1, -0.05) is 37.3 Å². The maximum atomic E-state index is 12.5. The third kappa shape index (κ3) is 6.82. The summed E-state index contributed by atoms with van der Waals surface area (Å²) in [5.74, 6) is 0.968. The van der Waals surface area contributed by atoms with Crippen molar-refractivity contribution in [2.45, 2.75) is 33.1 Å². The van der Waals surface area contributed by atoms with Crippen molar-refractivity contribution < 1.29 is 19.1 Å². The maximum absolute atomic E-state index is 12.5. The van der Waals surface area contributed by atoms with Gasteiger partial charge in [-0.2, -0.15) is 0 Å². The molecule has 6 nitrogen and oxygen atoms in total. The van der Waals surface area contributed by atoms with E-state index >= 15 is 0 Å². The number of hydrogen-bond acceptors (Lipinski definition) is 4. The molecule has 6 heteroatoms. The summed E-state index contributed by atoms with van der Waals surface area (Å²) in [7, 11) is 1.64. The standard InChI is InChI=1S/C23H30N2O4/c1-5-28-20-13-12-19(15-21(20)29-6-2)24-22(26)16-25(4)23(27)14-17(3)18-10-8-7-9-11-18/h7-13,15,17H,5-6,14,16H2,1-4H3,(H,24,26)/t17-/m0/s1. The highest BCUT2D eigenvalue weighted by Gasteiger charge is 2.17. The van der Waals surface area contributed by atoms with Gasteiger partial charge in [-0.25, -0.2) is 0 Å². The summed E-state index contributed by atoms with van der Waals surface area (Å²) >= 11 is 0. The third-order valence-electron chi connectivity index (χ3n) is 4.48. The van der Waals surface area contributed by atoms with E-state index < -0.39 is 0 Å². The molecule has 1 N–H and O–H groups in total. The maximum Gasteiger partial charge on any atom is 0.243 e. The van der Waals surface area contributed by atoms with Crippen LogP contribution in [-0.2, 0) is 9.59 Å². The zero-order valence-electron chi connectivity index (χ0n) is 17.6. The normalized spacial score (nSPS) is 11.4. The molecule has 0 aliphatic heterocycles. The van der Waals surface area contributed by atoms with E-state index in [1.165, 1.54) is 4.90 Å². The molecule has 0 aliphatic carbocycles. The third-order valence-corrected chi connectivity index (χ3v) is 4.48. The van der Waals surface area contributed by atoms with Gasteiger partial charge in [-0.15, -0.1) is 0 Å². The van der Waals surface area contributed by atoms with E-state index in [4.69, 9.17) is 9.47 Å². The van der Waals surface area contributed by atoms with Gasteiger partial charge in [0.15, 0.2) is 11.5 Å². The molecule has 0 saturated carbocycles. The Hall–Kier alpha value is -3.02. The minimum absolute atomic E-state index is 0.0163. The highest BCUT2D eigenvalue weighted by atomic mass is 16.5. The molecule has 0 fully saturated rings. The molecule has 0 aromatic heterocycles. The number of hydrogen-bond donors (Lipinski definition) is 1. The van der Waals surface area contributed by atoms with E-state index in [-0.39, 0.29) is 24.3 Å². The van der Waals surface area contributed by atoms with Crippen LogP contribution in [0.5, 0.6) is 11.5 Å². The van der Waals surface area contributed by atoms with Crippen molar-refractivity contribution in [3.8, 4) is 11.5 Å². The molecule has 2 aromatic rings. The molecule has 0 unspecified atom stereocenters. The number of likely N-dealkylation sites (N-methyl/N-ethyl adjacent to an activating group) is 1. The molecule has 0 aliphatic rings. The number of nitrogens with zero attached hydrogens (tertiary/aromatic N) is 1. The Morgan fingerprint density at radius 1 is 1.00 bits per heavy atom. The van der Waals surface area contributed by atoms with Crippen molar-refractivity contribution in [3.05, 3.63) is 54.1 Å². The lowest BCUT2D eigenvalue weighted by atomic mass is 9.97. The van der Waals surface area contributed by atoms with Crippen molar-refractivity contribution in [3.63, 3.8) is 0 Å². The molecule has 0 radical (unpaired) electrons. The Kier molecular flexibility index (Phi) is 8.52. The molecular formula is C23H30N2O4. The lowest BCUT2D eigenvalue weighted by Crippen LogP contribution is -2.35. The SMILES string of the molecule is CCOc1ccc(NC(=O)CN(C)C(=O)C[C@H](C)c2ccccc2)cc1OCC. The Bertz CT molecular complexity index is 808. The highest BCUT2D eigenvalue weighted by molar-refractivity contribution is 5.94. The molecular weight excluding hydrogens is 368 g/mol. The van der Waals surface area contributed by atoms with E-state index in [0.717, 1.165) is 5.56 Å². The molecule has 0 spiro atoms. The minimum Gasteiger partial charge on any atom is -0.490 e. The fourth-order valence-electron chi connectivity index (χ4n) is 2.95. The first kappa shape index (κ1) is 22.3. The summed E-state index contributed by atoms with van der Waals surface area (Å²) in [6.07, 6.45) is 0.353. The Morgan fingerprint density at radius 3 is 2.31 bits per heavy atom. The quantitative estimate of drug-likeness (QED) is 0.655. The number of carbonyl (C=O) groups excluding carboxylic acids is 2. The van der Waals surface area contributed by atoms with Gasteiger partial charge in [0.2, 0.25) is 11.8 Å². The molecule has 1 atom stereocenters. The lowest BCUT2D eigenvalue weighted by Gasteiger charge is -2.20. The van der Waals surface area contributed by atoms with Crippen LogP contribution in [0.25, 0.3) is 0 Å². The van der Waals surface area contributed by atoms with Gasteiger partial charge in [0.1, 0.15) is 0 Å². The van der Waals surface area contributed by atoms with Gasteiger partial charge in [-0.05, 0) is 37.5 Å². The minimum atomic E-state index is -0.264. The number of benzene rings is 2. The smallest absolute Gasteiger partial charge is 0.243 e. The van der Waals surface area contributed by atoms with Crippen LogP contribution in [0, 0.1) is 0 Å². The van der Waals surface area contributed by atoms with E-state index in [9.17, 15) is 9.59 Å². The summed E-state index contributed by atoms with van der Waals surface area (Å²) in [6, 6.07) is 15.1. The van der Waals surface area contributed by atoms with Crippen LogP contribution in [0.15, 0.2) is 48.5 Å². The van der Waals surface area contributed by atoms with Crippen molar-refractivity contribution in [1.82, 2.24) is 4.90 Å². The zero-order valence-corrected chi connectivity index (χ0v) is 17.6. The summed E-state index contributed by atoms with van der Waals surface area (Å²) in [4.78, 5) is 26.3. The molecule has 0 heterocycles. The predicted octanol–water partition coefficient (Wildman–Crippen LogP) is 4.07. The number of rotatable bonds is 10. The topological polar surface area (TPSA) is 67.9 Å². The van der Waals surface area contributed by atoms with Crippen molar-refractivity contribution in [1.29, 1.82) is 0 Å². The number of anilines is 1. The zero-order chi connectivity index (χ0) is 21.2. The van der Waals surface area contributed by atoms with Crippen LogP contribution in [-0.4, -0.2) is 43.5 Å². The Labute approximate surface area is 172 Å². The fraction of sp³-hybridized carbons (Fsp3) is 0.391. The first-order chi connectivity index (χ1) is 13.9. The predicted molar refractivity (Wildman–Crippen MR) is 115 cm³/mol. The largest absolute Gasteiger partial charge is 0.490 e. The second-order valence-corrected chi connectivity index (χ2v) is 6.84. The van der Waals surface area contributed by atoms with Crippen LogP contribution in [0.3, 0.4) is 0 Å². The van der Waals surface area contributed by atoms with Gasteiger partial charge in [0.05, 0.1) is 19.8 Å². The van der Waals surface area contributed by atoms with Crippen molar-refractivity contribution in [2.24, 2.45) is 0 Å². The van der Waals surface area contributed by atoms with Crippen LogP contribution in [0.4, 0.5) is 5.69 Å². The summed E-state index contributed by atoms with van der Waals surface area (Å²) in [5.41, 5.74) is 1.71. The van der Waals surface area contributed by atoms with Gasteiger partial charge in [0, 0.05) is 25.2 Å². The van der Waals surface area contributed by atoms with Gasteiger partial charge >= 0.3 is 0 Å². The van der Waals surface area contributed by atoms with Crippen molar-refractivity contribution in [2.75, 3.05) is 32.1 Å². The number of carbonyl (C=O) groups is 2. The summed E-state index contributed by atoms with van der Waals surface area (Å²) in [5, 5.41) is 2.81. The first-order valence-corrected chi connectivity index (χ1v) is 9.93. The van der Waals surface area contributed by atoms with Crippen molar-refractivity contribution >= 4 is 17.5 Å². The summed E-state index contributed by atoms with van der Waals surface area (Å²) in [6.45, 7) is 6.80. The molecule has 2 rings (SSSR count). The Morgan fingerprint density at radius 2 is 1.66 bits per heavy atom. The van der Waals surface area contributed by atoms with Crippen LogP contribution in [0.1, 0.15) is 38.7 Å². The molecule has 2 amide bonds. The average molecular weight is 399 g/mol. The number of amides is 2. The summed E-state index contributed by atoms with van der Waals surface area (Å²) < 4.78 is 11.1. The van der Waals surface area contributed by atoms with Gasteiger partial charge in [-0.3, -0.25) is 9.59 Å². The number of ether oxygens (including phenoxy) is 2. The van der Waals surface area contributed by atoms with Gasteiger partial charge in [0.25, 0.3) is 0 Å². The average Bonchev–Trinajstić information content (AvgIpc) is 2.70. The molecule has 2 aromatic carbocycles. The van der Waals surface area contributed by atoms with E-state index in [1.54, 1.807) is 25.2 Å². The molecule has 29 heavy (non-hydrogen) atoms. The Balaban J connectivity index is 1.92. The first-order valence-electron chi connectivity index (χ1n) is 9.93. The van der Waals surface area contributed by atoms with E-state index in [1.807, 2.05) is 51.1 Å². The fourth-order valence-corrected chi connectivity index (χ4v) is 2.95. The van der Waals surface area contributed by atoms with E-state index in [0.29, 0.717) is 36.8 Å². The number of nitrogens with one attached hydrogen (secondary N) is 1.